The van der Waals surface area contributed by atoms with Crippen LogP contribution in [0.1, 0.15) is 37.0 Å². The third kappa shape index (κ3) is 5.07. The summed E-state index contributed by atoms with van der Waals surface area (Å²) >= 11 is 0. The van der Waals surface area contributed by atoms with Gasteiger partial charge in [0, 0.05) is 30.4 Å². The standard InChI is InChI=1S/C20H25N3O5S2/c1-15(2)22-29(25,26)18-9-5-7-16(13-18)20(24)21-17-8-6-10-19(14-17)30(27,28)23-11-3-4-12-23/h5-10,13-15,22H,3-4,11-12H2,1-2H3,(H,21,24). The summed E-state index contributed by atoms with van der Waals surface area (Å²) in [5.74, 6) is -0.535. The number of carbonyl (C=O) groups is 1. The lowest BCUT2D eigenvalue weighted by Gasteiger charge is -2.16. The van der Waals surface area contributed by atoms with Crippen molar-refractivity contribution in [1.29, 1.82) is 0 Å². The molecule has 0 aliphatic carbocycles. The van der Waals surface area contributed by atoms with Crippen molar-refractivity contribution >= 4 is 31.6 Å². The number of nitrogens with zero attached hydrogens (tertiary/aromatic N) is 1. The molecule has 2 N–H and O–H groups in total. The van der Waals surface area contributed by atoms with Crippen molar-refractivity contribution < 1.29 is 21.6 Å². The van der Waals surface area contributed by atoms with E-state index >= 15 is 0 Å². The average Bonchev–Trinajstić information content (AvgIpc) is 3.23. The second kappa shape index (κ2) is 8.84. The van der Waals surface area contributed by atoms with Gasteiger partial charge in [-0.1, -0.05) is 12.1 Å². The lowest BCUT2D eigenvalue weighted by atomic mass is 10.2. The van der Waals surface area contributed by atoms with E-state index in [1.54, 1.807) is 26.0 Å². The van der Waals surface area contributed by atoms with Gasteiger partial charge in [0.1, 0.15) is 0 Å². The predicted octanol–water partition coefficient (Wildman–Crippen LogP) is 2.41. The second-order valence-corrected chi connectivity index (χ2v) is 11.0. The first kappa shape index (κ1) is 22.4. The average molecular weight is 452 g/mol. The quantitative estimate of drug-likeness (QED) is 0.671. The third-order valence-corrected chi connectivity index (χ3v) is 8.14. The van der Waals surface area contributed by atoms with Crippen molar-refractivity contribution in [1.82, 2.24) is 9.03 Å². The lowest BCUT2D eigenvalue weighted by Crippen LogP contribution is -2.30. The minimum atomic E-state index is -3.74. The Balaban J connectivity index is 1.81. The van der Waals surface area contributed by atoms with Crippen molar-refractivity contribution in [3.63, 3.8) is 0 Å². The Kier molecular flexibility index (Phi) is 6.61. The van der Waals surface area contributed by atoms with Gasteiger partial charge in [0.25, 0.3) is 5.91 Å². The van der Waals surface area contributed by atoms with E-state index in [1.165, 1.54) is 40.7 Å². The van der Waals surface area contributed by atoms with E-state index < -0.39 is 26.0 Å². The van der Waals surface area contributed by atoms with Crippen molar-refractivity contribution in [2.75, 3.05) is 18.4 Å². The zero-order valence-electron chi connectivity index (χ0n) is 16.8. The fourth-order valence-corrected chi connectivity index (χ4v) is 6.06. The van der Waals surface area contributed by atoms with Crippen LogP contribution in [0.4, 0.5) is 5.69 Å². The summed E-state index contributed by atoms with van der Waals surface area (Å²) in [7, 11) is -7.34. The van der Waals surface area contributed by atoms with Gasteiger partial charge < -0.3 is 5.32 Å². The Bertz CT molecular complexity index is 1140. The number of hydrogen-bond acceptors (Lipinski definition) is 5. The maximum Gasteiger partial charge on any atom is 0.255 e. The zero-order chi connectivity index (χ0) is 21.9. The van der Waals surface area contributed by atoms with Crippen LogP contribution in [0.3, 0.4) is 0 Å². The number of anilines is 1. The monoisotopic (exact) mass is 451 g/mol. The van der Waals surface area contributed by atoms with Crippen LogP contribution in [0, 0.1) is 0 Å². The van der Waals surface area contributed by atoms with Crippen molar-refractivity contribution in [2.24, 2.45) is 0 Å². The van der Waals surface area contributed by atoms with Crippen LogP contribution in [-0.2, 0) is 20.0 Å². The minimum absolute atomic E-state index is 0.0192. The summed E-state index contributed by atoms with van der Waals surface area (Å²) in [5.41, 5.74) is 0.461. The highest BCUT2D eigenvalue weighted by atomic mass is 32.2. The number of rotatable bonds is 7. The molecule has 8 nitrogen and oxygen atoms in total. The first-order valence-corrected chi connectivity index (χ1v) is 12.6. The molecule has 0 bridgehead atoms. The summed E-state index contributed by atoms with van der Waals surface area (Å²) in [6.45, 7) is 4.39. The molecule has 1 aliphatic rings. The normalized spacial score (nSPS) is 15.4. The highest BCUT2D eigenvalue weighted by Crippen LogP contribution is 2.23. The molecule has 1 fully saturated rings. The molecule has 0 radical (unpaired) electrons. The van der Waals surface area contributed by atoms with Gasteiger partial charge in [-0.05, 0) is 63.1 Å². The van der Waals surface area contributed by atoms with Gasteiger partial charge >= 0.3 is 0 Å². The van der Waals surface area contributed by atoms with Crippen LogP contribution < -0.4 is 10.0 Å². The first-order valence-electron chi connectivity index (χ1n) is 9.63. The largest absolute Gasteiger partial charge is 0.322 e. The molecule has 0 unspecified atom stereocenters. The van der Waals surface area contributed by atoms with Crippen LogP contribution in [0.5, 0.6) is 0 Å². The summed E-state index contributed by atoms with van der Waals surface area (Å²) in [4.78, 5) is 12.7. The van der Waals surface area contributed by atoms with Crippen molar-refractivity contribution in [3.8, 4) is 0 Å². The highest BCUT2D eigenvalue weighted by molar-refractivity contribution is 7.89. The minimum Gasteiger partial charge on any atom is -0.322 e. The van der Waals surface area contributed by atoms with Gasteiger partial charge in [-0.2, -0.15) is 4.31 Å². The number of nitrogens with one attached hydrogen (secondary N) is 2. The smallest absolute Gasteiger partial charge is 0.255 e. The molecule has 10 heteroatoms. The van der Waals surface area contributed by atoms with E-state index in [0.29, 0.717) is 18.8 Å². The number of sulfonamides is 2. The molecule has 0 aromatic heterocycles. The molecule has 1 amide bonds. The molecule has 1 saturated heterocycles. The van der Waals surface area contributed by atoms with Crippen molar-refractivity contribution in [2.45, 2.75) is 42.5 Å². The summed E-state index contributed by atoms with van der Waals surface area (Å²) in [6.07, 6.45) is 1.67. The van der Waals surface area contributed by atoms with E-state index in [-0.39, 0.29) is 21.4 Å². The summed E-state index contributed by atoms with van der Waals surface area (Å²) in [6, 6.07) is 11.4. The van der Waals surface area contributed by atoms with Gasteiger partial charge in [-0.15, -0.1) is 0 Å². The van der Waals surface area contributed by atoms with Gasteiger partial charge in [0.05, 0.1) is 9.79 Å². The number of amides is 1. The zero-order valence-corrected chi connectivity index (χ0v) is 18.5. The Morgan fingerprint density at radius 3 is 2.23 bits per heavy atom. The molecule has 1 heterocycles. The predicted molar refractivity (Wildman–Crippen MR) is 114 cm³/mol. The maximum atomic E-state index is 12.7. The maximum absolute atomic E-state index is 12.7. The first-order chi connectivity index (χ1) is 14.1. The summed E-state index contributed by atoms with van der Waals surface area (Å²) in [5, 5.41) is 2.64. The fourth-order valence-electron chi connectivity index (χ4n) is 3.20. The Hall–Kier alpha value is -2.27. The van der Waals surface area contributed by atoms with Crippen LogP contribution in [0.25, 0.3) is 0 Å². The molecule has 2 aromatic rings. The molecule has 0 atom stereocenters. The van der Waals surface area contributed by atoms with E-state index in [9.17, 15) is 21.6 Å². The molecule has 0 saturated carbocycles. The Labute approximate surface area is 177 Å². The molecular weight excluding hydrogens is 426 g/mol. The lowest BCUT2D eigenvalue weighted by molar-refractivity contribution is 0.102. The van der Waals surface area contributed by atoms with E-state index in [4.69, 9.17) is 0 Å². The summed E-state index contributed by atoms with van der Waals surface area (Å²) < 4.78 is 54.0. The van der Waals surface area contributed by atoms with E-state index in [0.717, 1.165) is 12.8 Å². The SMILES string of the molecule is CC(C)NS(=O)(=O)c1cccc(C(=O)Nc2cccc(S(=O)(=O)N3CCCC3)c2)c1. The van der Waals surface area contributed by atoms with Gasteiger partial charge in [0.2, 0.25) is 20.0 Å². The van der Waals surface area contributed by atoms with Crippen LogP contribution in [-0.4, -0.2) is 46.2 Å². The van der Waals surface area contributed by atoms with Crippen LogP contribution in [0.15, 0.2) is 58.3 Å². The molecule has 2 aromatic carbocycles. The van der Waals surface area contributed by atoms with Crippen LogP contribution >= 0.6 is 0 Å². The molecule has 0 spiro atoms. The molecule has 3 rings (SSSR count). The van der Waals surface area contributed by atoms with Crippen molar-refractivity contribution in [3.05, 3.63) is 54.1 Å². The van der Waals surface area contributed by atoms with Crippen LogP contribution in [0.2, 0.25) is 0 Å². The van der Waals surface area contributed by atoms with E-state index in [2.05, 4.69) is 10.0 Å². The molecule has 1 aliphatic heterocycles. The number of benzene rings is 2. The Morgan fingerprint density at radius 1 is 0.933 bits per heavy atom. The number of carbonyl (C=O) groups excluding carboxylic acids is 1. The topological polar surface area (TPSA) is 113 Å². The van der Waals surface area contributed by atoms with E-state index in [1.807, 2.05) is 0 Å². The molecule has 162 valence electrons. The molecular formula is C20H25N3O5S2. The fraction of sp³-hybridized carbons (Fsp3) is 0.350. The third-order valence-electron chi connectivity index (χ3n) is 4.59. The second-order valence-electron chi connectivity index (χ2n) is 7.40. The highest BCUT2D eigenvalue weighted by Gasteiger charge is 2.27. The van der Waals surface area contributed by atoms with Gasteiger partial charge in [-0.25, -0.2) is 21.6 Å². The Morgan fingerprint density at radius 2 is 1.57 bits per heavy atom. The van der Waals surface area contributed by atoms with Gasteiger partial charge in [0.15, 0.2) is 0 Å². The van der Waals surface area contributed by atoms with Gasteiger partial charge in [-0.3, -0.25) is 4.79 Å². The number of hydrogen-bond donors (Lipinski definition) is 2. The molecule has 30 heavy (non-hydrogen) atoms.